The number of hydrogen-bond acceptors (Lipinski definition) is 3. The van der Waals surface area contributed by atoms with Gasteiger partial charge in [-0.2, -0.15) is 0 Å². The van der Waals surface area contributed by atoms with Crippen LogP contribution in [0.5, 0.6) is 0 Å². The first-order valence-corrected chi connectivity index (χ1v) is 8.65. The van der Waals surface area contributed by atoms with E-state index in [1.165, 1.54) is 5.56 Å². The number of rotatable bonds is 8. The largest absolute Gasteiger partial charge is 0.466 e. The summed E-state index contributed by atoms with van der Waals surface area (Å²) in [4.78, 5) is 25.7. The molecule has 0 fully saturated rings. The van der Waals surface area contributed by atoms with Crippen molar-refractivity contribution in [3.63, 3.8) is 0 Å². The molecule has 0 aliphatic carbocycles. The molecule has 5 nitrogen and oxygen atoms in total. The molecule has 2 amide bonds. The van der Waals surface area contributed by atoms with E-state index in [2.05, 4.69) is 19.2 Å². The lowest BCUT2D eigenvalue weighted by Crippen LogP contribution is -2.39. The molecule has 1 rings (SSSR count). The fourth-order valence-corrected chi connectivity index (χ4v) is 2.33. The maximum atomic E-state index is 12.5. The van der Waals surface area contributed by atoms with Crippen molar-refractivity contribution in [2.75, 3.05) is 25.0 Å². The topological polar surface area (TPSA) is 58.6 Å². The van der Waals surface area contributed by atoms with Gasteiger partial charge in [-0.05, 0) is 36.5 Å². The molecule has 0 unspecified atom stereocenters. The average molecular weight is 334 g/mol. The van der Waals surface area contributed by atoms with E-state index in [0.717, 1.165) is 5.69 Å². The van der Waals surface area contributed by atoms with Crippen LogP contribution in [0, 0.1) is 5.92 Å². The maximum Gasteiger partial charge on any atom is 0.321 e. The van der Waals surface area contributed by atoms with Crippen LogP contribution in [0.1, 0.15) is 52.5 Å². The number of anilines is 1. The van der Waals surface area contributed by atoms with Crippen molar-refractivity contribution in [1.82, 2.24) is 4.90 Å². The standard InChI is InChI=1S/C19H30N2O3/c1-6-24-18(22)11-12-21(13-14(2)3)19(23)20-17-9-7-16(8-10-17)15(4)5/h7-10,14-15H,6,11-13H2,1-5H3,(H,20,23). The van der Waals surface area contributed by atoms with Crippen LogP contribution >= 0.6 is 0 Å². The molecule has 134 valence electrons. The molecule has 5 heteroatoms. The van der Waals surface area contributed by atoms with E-state index in [9.17, 15) is 9.59 Å². The molecule has 24 heavy (non-hydrogen) atoms. The molecule has 0 aromatic heterocycles. The molecular formula is C19H30N2O3. The Balaban J connectivity index is 2.67. The Morgan fingerprint density at radius 2 is 1.75 bits per heavy atom. The zero-order chi connectivity index (χ0) is 18.1. The first-order valence-electron chi connectivity index (χ1n) is 8.65. The molecule has 0 heterocycles. The quantitative estimate of drug-likeness (QED) is 0.723. The zero-order valence-corrected chi connectivity index (χ0v) is 15.5. The van der Waals surface area contributed by atoms with Gasteiger partial charge in [-0.15, -0.1) is 0 Å². The highest BCUT2D eigenvalue weighted by Crippen LogP contribution is 2.17. The molecule has 0 saturated carbocycles. The highest BCUT2D eigenvalue weighted by atomic mass is 16.5. The molecule has 0 aliphatic rings. The van der Waals surface area contributed by atoms with Gasteiger partial charge >= 0.3 is 12.0 Å². The van der Waals surface area contributed by atoms with E-state index in [-0.39, 0.29) is 18.4 Å². The van der Waals surface area contributed by atoms with E-state index in [1.807, 2.05) is 38.1 Å². The second-order valence-electron chi connectivity index (χ2n) is 6.60. The average Bonchev–Trinajstić information content (AvgIpc) is 2.51. The van der Waals surface area contributed by atoms with Gasteiger partial charge in [-0.25, -0.2) is 4.79 Å². The first-order chi connectivity index (χ1) is 11.3. The second-order valence-corrected chi connectivity index (χ2v) is 6.60. The molecule has 1 aromatic rings. The fraction of sp³-hybridized carbons (Fsp3) is 0.579. The van der Waals surface area contributed by atoms with Gasteiger partial charge in [-0.1, -0.05) is 39.8 Å². The second kappa shape index (κ2) is 9.96. The molecule has 0 atom stereocenters. The van der Waals surface area contributed by atoms with E-state index in [4.69, 9.17) is 4.74 Å². The number of esters is 1. The van der Waals surface area contributed by atoms with Crippen LogP contribution in [0.4, 0.5) is 10.5 Å². The summed E-state index contributed by atoms with van der Waals surface area (Å²) in [7, 11) is 0. The Hall–Kier alpha value is -2.04. The molecule has 0 aliphatic heterocycles. The van der Waals surface area contributed by atoms with Crippen molar-refractivity contribution in [1.29, 1.82) is 0 Å². The van der Waals surface area contributed by atoms with Crippen LogP contribution < -0.4 is 5.32 Å². The van der Waals surface area contributed by atoms with Crippen LogP contribution in [0.25, 0.3) is 0 Å². The minimum atomic E-state index is -0.277. The van der Waals surface area contributed by atoms with Gasteiger partial charge in [0.05, 0.1) is 13.0 Å². The molecular weight excluding hydrogens is 304 g/mol. The van der Waals surface area contributed by atoms with E-state index >= 15 is 0 Å². The predicted molar refractivity (Wildman–Crippen MR) is 97.2 cm³/mol. The number of carbonyl (C=O) groups excluding carboxylic acids is 2. The smallest absolute Gasteiger partial charge is 0.321 e. The number of nitrogens with zero attached hydrogens (tertiary/aromatic N) is 1. The number of carbonyl (C=O) groups is 2. The summed E-state index contributed by atoms with van der Waals surface area (Å²) in [6.07, 6.45) is 0.209. The lowest BCUT2D eigenvalue weighted by molar-refractivity contribution is -0.143. The third-order valence-corrected chi connectivity index (χ3v) is 3.59. The molecule has 0 bridgehead atoms. The molecule has 0 saturated heterocycles. The molecule has 0 spiro atoms. The Morgan fingerprint density at radius 3 is 2.25 bits per heavy atom. The van der Waals surface area contributed by atoms with Gasteiger partial charge in [-0.3, -0.25) is 4.79 Å². The Kier molecular flexibility index (Phi) is 8.30. The Morgan fingerprint density at radius 1 is 1.12 bits per heavy atom. The number of benzene rings is 1. The Labute approximate surface area is 145 Å². The SMILES string of the molecule is CCOC(=O)CCN(CC(C)C)C(=O)Nc1ccc(C(C)C)cc1. The summed E-state index contributed by atoms with van der Waals surface area (Å²) < 4.78 is 4.93. The van der Waals surface area contributed by atoms with Crippen molar-refractivity contribution in [2.45, 2.75) is 47.0 Å². The van der Waals surface area contributed by atoms with Crippen LogP contribution in [0.15, 0.2) is 24.3 Å². The van der Waals surface area contributed by atoms with Crippen LogP contribution in [-0.2, 0) is 9.53 Å². The number of urea groups is 1. The lowest BCUT2D eigenvalue weighted by Gasteiger charge is -2.24. The number of amides is 2. The normalized spacial score (nSPS) is 10.8. The molecule has 1 aromatic carbocycles. The van der Waals surface area contributed by atoms with E-state index in [0.29, 0.717) is 31.5 Å². The highest BCUT2D eigenvalue weighted by molar-refractivity contribution is 5.89. The van der Waals surface area contributed by atoms with Crippen molar-refractivity contribution in [3.8, 4) is 0 Å². The van der Waals surface area contributed by atoms with Gasteiger partial charge < -0.3 is 15.0 Å². The van der Waals surface area contributed by atoms with Crippen LogP contribution in [-0.4, -0.2) is 36.6 Å². The zero-order valence-electron chi connectivity index (χ0n) is 15.5. The summed E-state index contributed by atoms with van der Waals surface area (Å²) in [5.41, 5.74) is 1.99. The lowest BCUT2D eigenvalue weighted by atomic mass is 10.0. The van der Waals surface area contributed by atoms with Crippen molar-refractivity contribution < 1.29 is 14.3 Å². The summed E-state index contributed by atoms with van der Waals surface area (Å²) in [5, 5.41) is 2.90. The minimum absolute atomic E-state index is 0.190. The third-order valence-electron chi connectivity index (χ3n) is 3.59. The van der Waals surface area contributed by atoms with E-state index in [1.54, 1.807) is 11.8 Å². The Bertz CT molecular complexity index is 524. The summed E-state index contributed by atoms with van der Waals surface area (Å²) >= 11 is 0. The van der Waals surface area contributed by atoms with Crippen LogP contribution in [0.2, 0.25) is 0 Å². The summed E-state index contributed by atoms with van der Waals surface area (Å²) in [5.74, 6) is 0.498. The van der Waals surface area contributed by atoms with Gasteiger partial charge in [0.15, 0.2) is 0 Å². The molecule has 0 radical (unpaired) electrons. The monoisotopic (exact) mass is 334 g/mol. The maximum absolute atomic E-state index is 12.5. The first kappa shape index (κ1) is 20.0. The third kappa shape index (κ3) is 7.02. The highest BCUT2D eigenvalue weighted by Gasteiger charge is 2.17. The fourth-order valence-electron chi connectivity index (χ4n) is 2.33. The number of nitrogens with one attached hydrogen (secondary N) is 1. The van der Waals surface area contributed by atoms with Crippen molar-refractivity contribution in [3.05, 3.63) is 29.8 Å². The van der Waals surface area contributed by atoms with Crippen molar-refractivity contribution >= 4 is 17.7 Å². The summed E-state index contributed by atoms with van der Waals surface area (Å²) in [6, 6.07) is 7.67. The van der Waals surface area contributed by atoms with Gasteiger partial charge in [0.1, 0.15) is 0 Å². The van der Waals surface area contributed by atoms with E-state index < -0.39 is 0 Å². The van der Waals surface area contributed by atoms with Gasteiger partial charge in [0, 0.05) is 18.8 Å². The minimum Gasteiger partial charge on any atom is -0.466 e. The van der Waals surface area contributed by atoms with Gasteiger partial charge in [0.2, 0.25) is 0 Å². The number of ether oxygens (including phenoxy) is 1. The van der Waals surface area contributed by atoms with Crippen LogP contribution in [0.3, 0.4) is 0 Å². The van der Waals surface area contributed by atoms with Crippen molar-refractivity contribution in [2.24, 2.45) is 5.92 Å². The van der Waals surface area contributed by atoms with Gasteiger partial charge in [0.25, 0.3) is 0 Å². The molecule has 1 N–H and O–H groups in total. The predicted octanol–water partition coefficient (Wildman–Crippen LogP) is 4.25. The number of hydrogen-bond donors (Lipinski definition) is 1. The summed E-state index contributed by atoms with van der Waals surface area (Å²) in [6.45, 7) is 11.4.